The van der Waals surface area contributed by atoms with E-state index in [9.17, 15) is 17.8 Å². The van der Waals surface area contributed by atoms with Crippen LogP contribution in [0.15, 0.2) is 0 Å². The van der Waals surface area contributed by atoms with Gasteiger partial charge in [-0.2, -0.15) is 0 Å². The van der Waals surface area contributed by atoms with Gasteiger partial charge >= 0.3 is 35.5 Å². The Balaban J connectivity index is 0. The first-order valence-electron chi connectivity index (χ1n) is 8.05. The quantitative estimate of drug-likeness (QED) is 0.197. The van der Waals surface area contributed by atoms with E-state index in [4.69, 9.17) is 4.74 Å². The maximum absolute atomic E-state index is 11.1. The third-order valence-corrected chi connectivity index (χ3v) is 4.02. The predicted octanol–water partition coefficient (Wildman–Crippen LogP) is 0.390. The summed E-state index contributed by atoms with van der Waals surface area (Å²) >= 11 is 0. The monoisotopic (exact) mass is 344 g/mol. The first-order valence-corrected chi connectivity index (χ1v) is 9.62. The molecule has 0 aromatic heterocycles. The zero-order chi connectivity index (χ0) is 16.0. The Hall–Kier alpha value is 0.380. The maximum atomic E-state index is 11.1. The molecule has 7 heteroatoms. The van der Waals surface area contributed by atoms with E-state index >= 15 is 0 Å². The van der Waals surface area contributed by atoms with Crippen LogP contribution in [0.2, 0.25) is 0 Å². The minimum absolute atomic E-state index is 0. The Morgan fingerprint density at radius 3 is 1.82 bits per heavy atom. The molecule has 0 atom stereocenters. The third-order valence-electron chi connectivity index (χ3n) is 3.32. The first-order chi connectivity index (χ1) is 9.95. The predicted molar refractivity (Wildman–Crippen MR) is 82.0 cm³/mol. The molecule has 0 saturated heterocycles. The molecule has 0 unspecified atom stereocenters. The molecule has 0 heterocycles. The molecule has 0 bridgehead atoms. The van der Waals surface area contributed by atoms with Crippen LogP contribution < -0.4 is 29.6 Å². The number of hydrogen-bond donors (Lipinski definition) is 0. The first kappa shape index (κ1) is 24.6. The molecule has 0 fully saturated rings. The zero-order valence-corrected chi connectivity index (χ0v) is 17.0. The van der Waals surface area contributed by atoms with Crippen molar-refractivity contribution in [3.63, 3.8) is 0 Å². The summed E-state index contributed by atoms with van der Waals surface area (Å²) in [7, 11) is -4.32. The molecule has 0 aliphatic rings. The molecular weight excluding hydrogens is 315 g/mol. The molecule has 0 saturated carbocycles. The fourth-order valence-electron chi connectivity index (χ4n) is 2.06. The van der Waals surface area contributed by atoms with Crippen LogP contribution in [0.4, 0.5) is 0 Å². The van der Waals surface area contributed by atoms with Crippen molar-refractivity contribution >= 4 is 16.1 Å². The molecule has 0 N–H and O–H groups in total. The minimum atomic E-state index is -4.32. The van der Waals surface area contributed by atoms with Crippen LogP contribution in [0.1, 0.15) is 77.6 Å². The molecule has 0 aliphatic heterocycles. The number of hydrogen-bond acceptors (Lipinski definition) is 5. The van der Waals surface area contributed by atoms with Crippen molar-refractivity contribution in [1.82, 2.24) is 0 Å². The second-order valence-corrected chi connectivity index (χ2v) is 6.94. The maximum Gasteiger partial charge on any atom is 1.00 e. The van der Waals surface area contributed by atoms with Gasteiger partial charge in [0.15, 0.2) is 0 Å². The molecule has 0 aliphatic carbocycles. The standard InChI is InChI=1S/C15H30O5S.Na/c1-2-3-4-5-6-7-8-9-10-11-13-20-15(16)12-14-21(17,18)19;/h2-14H2,1H3,(H,17,18,19);/q;+1/p-1. The van der Waals surface area contributed by atoms with Crippen molar-refractivity contribution in [2.24, 2.45) is 0 Å². The van der Waals surface area contributed by atoms with Crippen LogP contribution in [0.3, 0.4) is 0 Å². The molecular formula is C15H29NaO5S. The average Bonchev–Trinajstić information content (AvgIpc) is 2.42. The summed E-state index contributed by atoms with van der Waals surface area (Å²) in [5.74, 6) is -1.28. The van der Waals surface area contributed by atoms with E-state index in [0.29, 0.717) is 6.61 Å². The van der Waals surface area contributed by atoms with Crippen molar-refractivity contribution in [3.8, 4) is 0 Å². The molecule has 0 rings (SSSR count). The van der Waals surface area contributed by atoms with Gasteiger partial charge in [0.1, 0.15) is 0 Å². The Morgan fingerprint density at radius 2 is 1.36 bits per heavy atom. The molecule has 0 amide bonds. The second-order valence-electron chi connectivity index (χ2n) is 5.41. The van der Waals surface area contributed by atoms with Crippen LogP contribution in [0.5, 0.6) is 0 Å². The summed E-state index contributed by atoms with van der Waals surface area (Å²) in [5, 5.41) is 0. The molecule has 5 nitrogen and oxygen atoms in total. The summed E-state index contributed by atoms with van der Waals surface area (Å²) in [4.78, 5) is 11.1. The number of ether oxygens (including phenoxy) is 1. The van der Waals surface area contributed by atoms with Gasteiger partial charge in [0, 0.05) is 5.75 Å². The summed E-state index contributed by atoms with van der Waals surface area (Å²) in [6, 6.07) is 0. The minimum Gasteiger partial charge on any atom is -0.748 e. The van der Waals surface area contributed by atoms with Gasteiger partial charge in [-0.25, -0.2) is 8.42 Å². The fraction of sp³-hybridized carbons (Fsp3) is 0.933. The normalized spacial score (nSPS) is 11.0. The summed E-state index contributed by atoms with van der Waals surface area (Å²) in [6.07, 6.45) is 11.7. The van der Waals surface area contributed by atoms with E-state index in [-0.39, 0.29) is 36.0 Å². The van der Waals surface area contributed by atoms with Gasteiger partial charge in [0.25, 0.3) is 0 Å². The van der Waals surface area contributed by atoms with Crippen LogP contribution in [-0.4, -0.2) is 31.3 Å². The molecule has 0 aromatic carbocycles. The van der Waals surface area contributed by atoms with Gasteiger partial charge in [-0.1, -0.05) is 64.7 Å². The van der Waals surface area contributed by atoms with Crippen molar-refractivity contribution in [3.05, 3.63) is 0 Å². The van der Waals surface area contributed by atoms with Crippen molar-refractivity contribution < 1.29 is 52.1 Å². The van der Waals surface area contributed by atoms with Gasteiger partial charge < -0.3 is 9.29 Å². The van der Waals surface area contributed by atoms with E-state index in [1.54, 1.807) is 0 Å². The van der Waals surface area contributed by atoms with Crippen molar-refractivity contribution in [1.29, 1.82) is 0 Å². The van der Waals surface area contributed by atoms with E-state index in [2.05, 4.69) is 6.92 Å². The van der Waals surface area contributed by atoms with Crippen molar-refractivity contribution in [2.45, 2.75) is 77.6 Å². The van der Waals surface area contributed by atoms with E-state index in [1.807, 2.05) is 0 Å². The molecule has 0 aromatic rings. The van der Waals surface area contributed by atoms with E-state index < -0.39 is 21.8 Å². The zero-order valence-electron chi connectivity index (χ0n) is 14.1. The average molecular weight is 344 g/mol. The van der Waals surface area contributed by atoms with E-state index in [0.717, 1.165) is 19.3 Å². The van der Waals surface area contributed by atoms with Crippen LogP contribution >= 0.6 is 0 Å². The van der Waals surface area contributed by atoms with Crippen molar-refractivity contribution in [2.75, 3.05) is 12.4 Å². The van der Waals surface area contributed by atoms with Gasteiger partial charge in [0.2, 0.25) is 0 Å². The van der Waals surface area contributed by atoms with Gasteiger partial charge in [-0.15, -0.1) is 0 Å². The number of esters is 1. The Bertz CT molecular complexity index is 357. The van der Waals surface area contributed by atoms with Crippen LogP contribution in [0.25, 0.3) is 0 Å². The Kier molecular flexibility index (Phi) is 18.2. The SMILES string of the molecule is CCCCCCCCCCCCOC(=O)CCS(=O)(=O)[O-].[Na+]. The Labute approximate surface area is 157 Å². The molecule has 0 spiro atoms. The summed E-state index contributed by atoms with van der Waals surface area (Å²) in [5.41, 5.74) is 0. The molecule has 22 heavy (non-hydrogen) atoms. The van der Waals surface area contributed by atoms with Crippen LogP contribution in [0, 0.1) is 0 Å². The number of carbonyl (C=O) groups excluding carboxylic acids is 1. The Morgan fingerprint density at radius 1 is 0.909 bits per heavy atom. The van der Waals surface area contributed by atoms with Gasteiger partial charge in [-0.3, -0.25) is 4.79 Å². The fourth-order valence-corrected chi connectivity index (χ4v) is 2.47. The van der Waals surface area contributed by atoms with Gasteiger partial charge in [-0.05, 0) is 6.42 Å². The molecule has 126 valence electrons. The summed E-state index contributed by atoms with van der Waals surface area (Å²) < 4.78 is 35.9. The number of carbonyl (C=O) groups is 1. The number of rotatable bonds is 14. The number of unbranched alkanes of at least 4 members (excludes halogenated alkanes) is 9. The smallest absolute Gasteiger partial charge is 0.748 e. The molecule has 0 radical (unpaired) electrons. The van der Waals surface area contributed by atoms with Crippen LogP contribution in [-0.2, 0) is 19.6 Å². The second kappa shape index (κ2) is 16.2. The van der Waals surface area contributed by atoms with Gasteiger partial charge in [0.05, 0.1) is 23.1 Å². The third kappa shape index (κ3) is 20.4. The topological polar surface area (TPSA) is 83.5 Å². The summed E-state index contributed by atoms with van der Waals surface area (Å²) in [6.45, 7) is 2.53. The largest absolute Gasteiger partial charge is 1.00 e. The van der Waals surface area contributed by atoms with E-state index in [1.165, 1.54) is 44.9 Å².